The van der Waals surface area contributed by atoms with Gasteiger partial charge in [-0.15, -0.1) is 0 Å². The van der Waals surface area contributed by atoms with Gasteiger partial charge in [0, 0.05) is 53.1 Å². The van der Waals surface area contributed by atoms with Crippen molar-refractivity contribution < 1.29 is 26.8 Å². The van der Waals surface area contributed by atoms with Gasteiger partial charge in [-0.25, -0.2) is 12.8 Å². The summed E-state index contributed by atoms with van der Waals surface area (Å²) in [6.07, 6.45) is 1.13. The lowest BCUT2D eigenvalue weighted by Gasteiger charge is -2.21. The fourth-order valence-electron chi connectivity index (χ4n) is 6.22. The number of para-hydroxylation sites is 1. The number of aromatic nitrogens is 1. The van der Waals surface area contributed by atoms with Gasteiger partial charge >= 0.3 is 0 Å². The Bertz CT molecular complexity index is 2480. The maximum Gasteiger partial charge on any atom is 0.255 e. The summed E-state index contributed by atoms with van der Waals surface area (Å²) >= 11 is 0. The number of hydrogen-bond acceptors (Lipinski definition) is 5. The molecule has 0 saturated heterocycles. The van der Waals surface area contributed by atoms with Crippen molar-refractivity contribution in [2.75, 3.05) is 31.8 Å². The van der Waals surface area contributed by atoms with Crippen LogP contribution >= 0.6 is 0 Å². The van der Waals surface area contributed by atoms with E-state index >= 15 is 0 Å². The Kier molecular flexibility index (Phi) is 7.96. The molecule has 8 nitrogen and oxygen atoms in total. The van der Waals surface area contributed by atoms with Crippen LogP contribution in [-0.4, -0.2) is 46.8 Å². The van der Waals surface area contributed by atoms with Crippen LogP contribution in [0.3, 0.4) is 0 Å². The smallest absolute Gasteiger partial charge is 0.255 e. The molecule has 0 aliphatic heterocycles. The van der Waals surface area contributed by atoms with Crippen molar-refractivity contribution >= 4 is 43.5 Å². The van der Waals surface area contributed by atoms with Crippen LogP contribution in [0.4, 0.5) is 10.1 Å². The van der Waals surface area contributed by atoms with Crippen molar-refractivity contribution in [3.8, 4) is 50.6 Å². The third kappa shape index (κ3) is 5.70. The molecule has 7 aromatic rings. The van der Waals surface area contributed by atoms with Gasteiger partial charge in [0.25, 0.3) is 5.91 Å². The number of nitrogens with one attached hydrogen (secondary N) is 2. The molecule has 2 aromatic heterocycles. The molecule has 49 heavy (non-hydrogen) atoms. The molecule has 0 unspecified atom stereocenters. The number of anilines is 1. The van der Waals surface area contributed by atoms with Crippen LogP contribution in [-0.2, 0) is 10.0 Å². The third-order valence-corrected chi connectivity index (χ3v) is 9.94. The highest BCUT2D eigenvalue weighted by Crippen LogP contribution is 2.44. The van der Waals surface area contributed by atoms with Gasteiger partial charge < -0.3 is 19.5 Å². The Balaban J connectivity index is 1.47. The predicted octanol–water partition coefficient (Wildman–Crippen LogP) is 8.49. The van der Waals surface area contributed by atoms with Crippen LogP contribution in [0.15, 0.2) is 114 Å². The van der Waals surface area contributed by atoms with Gasteiger partial charge in [-0.3, -0.25) is 9.10 Å². The highest BCUT2D eigenvalue weighted by molar-refractivity contribution is 7.92. The maximum atomic E-state index is 13.8. The molecule has 2 heterocycles. The van der Waals surface area contributed by atoms with Gasteiger partial charge in [0.15, 0.2) is 0 Å². The Labute approximate surface area is 282 Å². The second-order valence-corrected chi connectivity index (χ2v) is 13.7. The Morgan fingerprint density at radius 2 is 1.53 bits per heavy atom. The first-order valence-corrected chi connectivity index (χ1v) is 17.3. The molecule has 0 bridgehead atoms. The number of nitrogens with zero attached hydrogens (tertiary/aromatic N) is 1. The van der Waals surface area contributed by atoms with Crippen molar-refractivity contribution in [3.63, 3.8) is 0 Å². The molecular weight excluding hydrogens is 642 g/mol. The van der Waals surface area contributed by atoms with Crippen LogP contribution < -0.4 is 14.4 Å². The number of rotatable bonds is 8. The maximum absolute atomic E-state index is 13.8. The predicted molar refractivity (Wildman–Crippen MR) is 193 cm³/mol. The monoisotopic (exact) mass is 673 g/mol. The van der Waals surface area contributed by atoms with E-state index in [-0.39, 0.29) is 11.3 Å². The number of hydrogen-bond donors (Lipinski definition) is 2. The Hall–Kier alpha value is -5.87. The van der Waals surface area contributed by atoms with E-state index in [4.69, 9.17) is 9.15 Å². The molecule has 0 radical (unpaired) electrons. The molecular formula is C39H32FN3O5S. The first kappa shape index (κ1) is 31.7. The first-order chi connectivity index (χ1) is 23.6. The van der Waals surface area contributed by atoms with E-state index in [1.165, 1.54) is 42.7 Å². The quantitative estimate of drug-likeness (QED) is 0.168. The number of carbonyl (C=O) groups is 1. The largest absolute Gasteiger partial charge is 0.497 e. The topological polar surface area (TPSA) is 105 Å². The number of benzene rings is 5. The second-order valence-electron chi connectivity index (χ2n) is 11.7. The Morgan fingerprint density at radius 1 is 0.837 bits per heavy atom. The van der Waals surface area contributed by atoms with E-state index in [0.29, 0.717) is 27.8 Å². The van der Waals surface area contributed by atoms with Gasteiger partial charge in [-0.2, -0.15) is 0 Å². The number of aromatic amines is 1. The number of furan rings is 1. The molecule has 0 aliphatic carbocycles. The lowest BCUT2D eigenvalue weighted by Crippen LogP contribution is -2.25. The summed E-state index contributed by atoms with van der Waals surface area (Å²) in [6, 6.07) is 32.9. The van der Waals surface area contributed by atoms with E-state index in [1.807, 2.05) is 66.7 Å². The zero-order chi connectivity index (χ0) is 34.4. The molecule has 0 aliphatic rings. The molecule has 0 spiro atoms. The normalized spacial score (nSPS) is 11.6. The minimum absolute atomic E-state index is 0.246. The average molecular weight is 674 g/mol. The van der Waals surface area contributed by atoms with Crippen LogP contribution in [0, 0.1) is 5.82 Å². The number of halogens is 1. The van der Waals surface area contributed by atoms with E-state index in [0.717, 1.165) is 50.9 Å². The number of carbonyl (C=O) groups excluding carboxylic acids is 1. The van der Waals surface area contributed by atoms with Gasteiger partial charge in [0.05, 0.1) is 30.3 Å². The van der Waals surface area contributed by atoms with E-state index < -0.39 is 21.7 Å². The number of ether oxygens (including phenoxy) is 1. The lowest BCUT2D eigenvalue weighted by atomic mass is 9.94. The fraction of sp³-hybridized carbons (Fsp3) is 0.103. The number of sulfonamides is 1. The SMILES string of the molecule is CNC(=O)c1c(-c2ccc(F)cc2)oc2cc(N(C)S(C)(=O)=O)c(-c3cccc(-c4[nH]c5ccccc5c4-c4ccc(OC)cc4)c3)cc12. The standard InChI is InChI=1S/C39H32FN3O5S/c1-41-39(44)36-31-21-30(33(43(2)49(4,45)46)22-34(31)48-38(36)24-12-16-27(40)17-13-24)25-8-7-9-26(20-25)37-35(23-14-18-28(47-3)19-15-23)29-10-5-6-11-32(29)42-37/h5-22,42H,1-4H3,(H,41,44). The van der Waals surface area contributed by atoms with Crippen molar-refractivity contribution in [2.45, 2.75) is 0 Å². The zero-order valence-corrected chi connectivity index (χ0v) is 28.0. The zero-order valence-electron chi connectivity index (χ0n) is 27.2. The average Bonchev–Trinajstić information content (AvgIpc) is 3.69. The first-order valence-electron chi connectivity index (χ1n) is 15.5. The highest BCUT2D eigenvalue weighted by atomic mass is 32.2. The number of amides is 1. The van der Waals surface area contributed by atoms with E-state index in [1.54, 1.807) is 19.2 Å². The summed E-state index contributed by atoms with van der Waals surface area (Å²) in [6.45, 7) is 0. The molecule has 5 aromatic carbocycles. The van der Waals surface area contributed by atoms with Gasteiger partial charge in [-0.1, -0.05) is 48.5 Å². The summed E-state index contributed by atoms with van der Waals surface area (Å²) in [5.41, 5.74) is 7.46. The second kappa shape index (κ2) is 12.3. The number of methoxy groups -OCH3 is 1. The van der Waals surface area contributed by atoms with Gasteiger partial charge in [0.2, 0.25) is 10.0 Å². The number of fused-ring (bicyclic) bond motifs is 2. The molecule has 0 atom stereocenters. The number of H-pyrrole nitrogens is 1. The third-order valence-electron chi connectivity index (χ3n) is 8.75. The van der Waals surface area contributed by atoms with Crippen LogP contribution in [0.2, 0.25) is 0 Å². The summed E-state index contributed by atoms with van der Waals surface area (Å²) < 4.78 is 52.5. The molecule has 246 valence electrons. The Morgan fingerprint density at radius 3 is 2.22 bits per heavy atom. The molecule has 10 heteroatoms. The lowest BCUT2D eigenvalue weighted by molar-refractivity contribution is 0.0964. The van der Waals surface area contributed by atoms with Crippen LogP contribution in [0.5, 0.6) is 5.75 Å². The minimum atomic E-state index is -3.71. The molecule has 0 saturated carbocycles. The van der Waals surface area contributed by atoms with Crippen LogP contribution in [0.1, 0.15) is 10.4 Å². The van der Waals surface area contributed by atoms with Crippen molar-refractivity contribution in [3.05, 3.63) is 121 Å². The van der Waals surface area contributed by atoms with Crippen molar-refractivity contribution in [1.82, 2.24) is 10.3 Å². The van der Waals surface area contributed by atoms with E-state index in [9.17, 15) is 17.6 Å². The summed E-state index contributed by atoms with van der Waals surface area (Å²) in [7, 11) is 0.923. The molecule has 0 fully saturated rings. The molecule has 2 N–H and O–H groups in total. The minimum Gasteiger partial charge on any atom is -0.497 e. The summed E-state index contributed by atoms with van der Waals surface area (Å²) in [4.78, 5) is 17.0. The summed E-state index contributed by atoms with van der Waals surface area (Å²) in [5.74, 6) is 0.174. The van der Waals surface area contributed by atoms with Gasteiger partial charge in [0.1, 0.15) is 22.9 Å². The summed E-state index contributed by atoms with van der Waals surface area (Å²) in [5, 5.41) is 4.21. The van der Waals surface area contributed by atoms with E-state index in [2.05, 4.69) is 16.4 Å². The van der Waals surface area contributed by atoms with Gasteiger partial charge in [-0.05, 0) is 71.3 Å². The highest BCUT2D eigenvalue weighted by Gasteiger charge is 2.26. The van der Waals surface area contributed by atoms with Crippen molar-refractivity contribution in [2.24, 2.45) is 0 Å². The molecule has 7 rings (SSSR count). The van der Waals surface area contributed by atoms with Crippen molar-refractivity contribution in [1.29, 1.82) is 0 Å². The molecule has 1 amide bonds. The fourth-order valence-corrected chi connectivity index (χ4v) is 6.72. The van der Waals surface area contributed by atoms with Crippen LogP contribution in [0.25, 0.3) is 66.7 Å².